The Kier molecular flexibility index (Phi) is 5.16. The van der Waals surface area contributed by atoms with Gasteiger partial charge in [-0.2, -0.15) is 0 Å². The number of ether oxygens (including phenoxy) is 2. The van der Waals surface area contributed by atoms with E-state index in [4.69, 9.17) is 38.4 Å². The first-order chi connectivity index (χ1) is 10.8. The number of nitrogens with zero attached hydrogens (tertiary/aromatic N) is 2. The number of hydrogen-bond acceptors (Lipinski definition) is 6. The molecule has 1 aromatic heterocycles. The number of halogens is 2. The Balaban J connectivity index is 2.26. The fourth-order valence-electron chi connectivity index (χ4n) is 2.40. The maximum absolute atomic E-state index is 12.4. The molecular formula is C13H15Cl2N3O5. The molecule has 0 saturated heterocycles. The van der Waals surface area contributed by atoms with Crippen molar-refractivity contribution >= 4 is 41.0 Å². The largest absolute Gasteiger partial charge is 0.444 e. The quantitative estimate of drug-likeness (QED) is 0.795. The number of nitrogens with two attached hydrogens (primary N) is 1. The average molecular weight is 364 g/mol. The summed E-state index contributed by atoms with van der Waals surface area (Å²) >= 11 is 11.7. The Morgan fingerprint density at radius 1 is 1.30 bits per heavy atom. The van der Waals surface area contributed by atoms with E-state index < -0.39 is 23.4 Å². The van der Waals surface area contributed by atoms with Crippen LogP contribution in [0.4, 0.5) is 0 Å². The minimum absolute atomic E-state index is 0.0839. The lowest BCUT2D eigenvalue weighted by Gasteiger charge is -2.25. The van der Waals surface area contributed by atoms with E-state index in [-0.39, 0.29) is 22.9 Å². The van der Waals surface area contributed by atoms with Gasteiger partial charge in [-0.15, -0.1) is 0 Å². The van der Waals surface area contributed by atoms with Crippen LogP contribution in [0.3, 0.4) is 0 Å². The molecule has 2 rings (SSSR count). The number of carbonyl (C=O) groups is 3. The summed E-state index contributed by atoms with van der Waals surface area (Å²) in [5, 5.41) is -0.232. The molecule has 1 aliphatic rings. The van der Waals surface area contributed by atoms with Crippen LogP contribution < -0.4 is 5.73 Å². The van der Waals surface area contributed by atoms with Gasteiger partial charge in [-0.1, -0.05) is 23.2 Å². The molecule has 1 aromatic rings. The molecule has 10 heteroatoms. The number of amides is 1. The second-order valence-corrected chi connectivity index (χ2v) is 5.88. The number of primary amides is 1. The highest BCUT2D eigenvalue weighted by molar-refractivity contribution is 6.40. The van der Waals surface area contributed by atoms with Gasteiger partial charge in [-0.25, -0.2) is 9.78 Å². The Hall–Kier alpha value is -1.80. The minimum atomic E-state index is -1.35. The van der Waals surface area contributed by atoms with Crippen LogP contribution in [-0.4, -0.2) is 33.0 Å². The Morgan fingerprint density at radius 2 is 1.91 bits per heavy atom. The lowest BCUT2D eigenvalue weighted by atomic mass is 10.0. The molecular weight excluding hydrogens is 349 g/mol. The van der Waals surface area contributed by atoms with Crippen LogP contribution in [0.15, 0.2) is 0 Å². The summed E-state index contributed by atoms with van der Waals surface area (Å²) < 4.78 is 11.2. The van der Waals surface area contributed by atoms with Crippen molar-refractivity contribution < 1.29 is 23.9 Å². The number of rotatable bonds is 5. The highest BCUT2D eigenvalue weighted by Crippen LogP contribution is 2.34. The molecule has 0 spiro atoms. The van der Waals surface area contributed by atoms with Gasteiger partial charge in [0.1, 0.15) is 0 Å². The summed E-state index contributed by atoms with van der Waals surface area (Å²) in [5.41, 5.74) is 4.01. The molecule has 2 N–H and O–H groups in total. The summed E-state index contributed by atoms with van der Waals surface area (Å²) in [6, 6.07) is 0. The monoisotopic (exact) mass is 363 g/mol. The topological polar surface area (TPSA) is 114 Å². The van der Waals surface area contributed by atoms with E-state index >= 15 is 0 Å². The zero-order valence-corrected chi connectivity index (χ0v) is 13.8. The van der Waals surface area contributed by atoms with Crippen LogP contribution >= 0.6 is 23.2 Å². The van der Waals surface area contributed by atoms with Gasteiger partial charge in [0.15, 0.2) is 22.6 Å². The fourth-order valence-corrected chi connectivity index (χ4v) is 2.75. The first-order valence-corrected chi connectivity index (χ1v) is 7.60. The highest BCUT2D eigenvalue weighted by atomic mass is 35.5. The zero-order chi connectivity index (χ0) is 17.2. The van der Waals surface area contributed by atoms with Crippen molar-refractivity contribution in [1.29, 1.82) is 0 Å². The van der Waals surface area contributed by atoms with E-state index in [2.05, 4.69) is 4.98 Å². The summed E-state index contributed by atoms with van der Waals surface area (Å²) in [4.78, 5) is 38.8. The normalized spacial score (nSPS) is 16.1. The maximum Gasteiger partial charge on any atom is 0.375 e. The van der Waals surface area contributed by atoms with Crippen LogP contribution in [0.1, 0.15) is 43.2 Å². The minimum Gasteiger partial charge on any atom is -0.444 e. The average Bonchev–Trinajstić information content (AvgIpc) is 3.04. The predicted molar refractivity (Wildman–Crippen MR) is 79.8 cm³/mol. The molecule has 1 amide bonds. The fraction of sp³-hybridized carbons (Fsp3) is 0.538. The second-order valence-electron chi connectivity index (χ2n) is 5.17. The number of aromatic nitrogens is 2. The van der Waals surface area contributed by atoms with Crippen molar-refractivity contribution in [2.45, 2.75) is 44.9 Å². The van der Waals surface area contributed by atoms with E-state index in [1.54, 1.807) is 0 Å². The van der Waals surface area contributed by atoms with Crippen LogP contribution in [-0.2, 0) is 25.8 Å². The molecule has 1 heterocycles. The smallest absolute Gasteiger partial charge is 0.375 e. The Morgan fingerprint density at radius 3 is 2.43 bits per heavy atom. The van der Waals surface area contributed by atoms with Gasteiger partial charge in [0.05, 0.1) is 0 Å². The van der Waals surface area contributed by atoms with E-state index in [0.717, 1.165) is 17.4 Å². The Labute approximate surface area is 141 Å². The van der Waals surface area contributed by atoms with Crippen LogP contribution in [0, 0.1) is 0 Å². The molecule has 8 nitrogen and oxygen atoms in total. The molecule has 126 valence electrons. The molecule has 0 radical (unpaired) electrons. The van der Waals surface area contributed by atoms with E-state index in [9.17, 15) is 14.4 Å². The van der Waals surface area contributed by atoms with E-state index in [1.165, 1.54) is 6.92 Å². The number of carbonyl (C=O) groups excluding carboxylic acids is 3. The highest BCUT2D eigenvalue weighted by Gasteiger charge is 2.44. The van der Waals surface area contributed by atoms with Crippen molar-refractivity contribution in [3.8, 4) is 0 Å². The van der Waals surface area contributed by atoms with Crippen molar-refractivity contribution in [3.05, 3.63) is 16.1 Å². The van der Waals surface area contributed by atoms with Crippen LogP contribution in [0.2, 0.25) is 10.3 Å². The van der Waals surface area contributed by atoms with Crippen molar-refractivity contribution in [1.82, 2.24) is 9.55 Å². The predicted octanol–water partition coefficient (Wildman–Crippen LogP) is 1.67. The first kappa shape index (κ1) is 17.6. The zero-order valence-electron chi connectivity index (χ0n) is 12.3. The van der Waals surface area contributed by atoms with Gasteiger partial charge in [0.25, 0.3) is 5.91 Å². The molecule has 1 saturated carbocycles. The van der Waals surface area contributed by atoms with Crippen molar-refractivity contribution in [2.75, 3.05) is 0 Å². The number of hydrogen-bond donors (Lipinski definition) is 1. The third-order valence-electron chi connectivity index (χ3n) is 3.59. The lowest BCUT2D eigenvalue weighted by Crippen LogP contribution is -2.45. The molecule has 0 aliphatic heterocycles. The van der Waals surface area contributed by atoms with E-state index in [0.29, 0.717) is 12.8 Å². The molecule has 23 heavy (non-hydrogen) atoms. The molecule has 0 aromatic carbocycles. The van der Waals surface area contributed by atoms with Crippen LogP contribution in [0.25, 0.3) is 0 Å². The standard InChI is InChI=1S/C13H15Cl2N3O5/c1-7(19)22-6-18-9(15)8(14)17-10(18)11(20)23-13(12(16)21)4-2-3-5-13/h2-6H2,1H3,(H2,16,21). The van der Waals surface area contributed by atoms with Gasteiger partial charge >= 0.3 is 11.9 Å². The molecule has 0 unspecified atom stereocenters. The first-order valence-electron chi connectivity index (χ1n) is 6.85. The number of esters is 2. The Bertz CT molecular complexity index is 652. The lowest BCUT2D eigenvalue weighted by molar-refractivity contribution is -0.144. The summed E-state index contributed by atoms with van der Waals surface area (Å²) in [7, 11) is 0. The summed E-state index contributed by atoms with van der Waals surface area (Å²) in [5.74, 6) is -2.46. The molecule has 0 atom stereocenters. The van der Waals surface area contributed by atoms with Gasteiger partial charge in [-0.3, -0.25) is 14.2 Å². The molecule has 0 bridgehead atoms. The SMILES string of the molecule is CC(=O)OCn1c(C(=O)OC2(C(N)=O)CCCC2)nc(Cl)c1Cl. The summed E-state index contributed by atoms with van der Waals surface area (Å²) in [6.07, 6.45) is 2.14. The third kappa shape index (κ3) is 3.59. The van der Waals surface area contributed by atoms with Gasteiger partial charge in [0, 0.05) is 6.92 Å². The van der Waals surface area contributed by atoms with Gasteiger partial charge in [0.2, 0.25) is 5.82 Å². The van der Waals surface area contributed by atoms with Gasteiger partial charge < -0.3 is 15.2 Å². The van der Waals surface area contributed by atoms with Crippen molar-refractivity contribution in [2.24, 2.45) is 5.73 Å². The maximum atomic E-state index is 12.4. The second kappa shape index (κ2) is 6.76. The van der Waals surface area contributed by atoms with E-state index in [1.807, 2.05) is 0 Å². The molecule has 1 aliphatic carbocycles. The van der Waals surface area contributed by atoms with Crippen molar-refractivity contribution in [3.63, 3.8) is 0 Å². The molecule has 1 fully saturated rings. The van der Waals surface area contributed by atoms with Gasteiger partial charge in [-0.05, 0) is 25.7 Å². The number of imidazole rings is 1. The van der Waals surface area contributed by atoms with Crippen LogP contribution in [0.5, 0.6) is 0 Å². The summed E-state index contributed by atoms with van der Waals surface area (Å²) in [6.45, 7) is 0.840. The third-order valence-corrected chi connectivity index (χ3v) is 4.34.